The number of aromatic nitrogens is 1. The average molecular weight is 294 g/mol. The van der Waals surface area contributed by atoms with E-state index in [1.165, 1.54) is 6.07 Å². The van der Waals surface area contributed by atoms with Gasteiger partial charge in [-0.25, -0.2) is 4.39 Å². The van der Waals surface area contributed by atoms with Gasteiger partial charge in [0, 0.05) is 22.8 Å². The third kappa shape index (κ3) is 3.13. The molecule has 1 aromatic carbocycles. The van der Waals surface area contributed by atoms with Crippen LogP contribution in [0.25, 0.3) is 0 Å². The molecule has 0 bridgehead atoms. The van der Waals surface area contributed by atoms with E-state index in [2.05, 4.69) is 20.9 Å². The van der Waals surface area contributed by atoms with Gasteiger partial charge in [0.1, 0.15) is 5.82 Å². The van der Waals surface area contributed by atoms with Gasteiger partial charge in [0.2, 0.25) is 0 Å². The lowest BCUT2D eigenvalue weighted by Gasteiger charge is -2.12. The normalized spacial score (nSPS) is 12.4. The molecule has 2 rings (SSSR count). The van der Waals surface area contributed by atoms with Gasteiger partial charge in [-0.3, -0.25) is 4.98 Å². The molecule has 0 amide bonds. The van der Waals surface area contributed by atoms with Crippen molar-refractivity contribution < 1.29 is 4.39 Å². The second-order valence-corrected chi connectivity index (χ2v) is 5.16. The van der Waals surface area contributed by atoms with E-state index in [0.29, 0.717) is 5.56 Å². The first kappa shape index (κ1) is 12.2. The largest absolute Gasteiger partial charge is 0.265 e. The molecule has 88 valence electrons. The van der Waals surface area contributed by atoms with Gasteiger partial charge < -0.3 is 0 Å². The first-order valence-corrected chi connectivity index (χ1v) is 6.37. The zero-order valence-corrected chi connectivity index (χ0v) is 11.1. The third-order valence-corrected chi connectivity index (χ3v) is 3.47. The van der Waals surface area contributed by atoms with E-state index in [-0.39, 0.29) is 10.6 Å². The van der Waals surface area contributed by atoms with Gasteiger partial charge >= 0.3 is 0 Å². The number of halogens is 2. The fourth-order valence-corrected chi connectivity index (χ4v) is 2.46. The zero-order chi connectivity index (χ0) is 12.3. The smallest absolute Gasteiger partial charge is 0.127 e. The summed E-state index contributed by atoms with van der Waals surface area (Å²) in [6.07, 6.45) is 4.26. The average Bonchev–Trinajstić information content (AvgIpc) is 2.33. The van der Waals surface area contributed by atoms with Crippen molar-refractivity contribution in [3.8, 4) is 0 Å². The van der Waals surface area contributed by atoms with Crippen LogP contribution in [0.4, 0.5) is 4.39 Å². The number of aryl methyl sites for hydroxylation is 1. The zero-order valence-electron chi connectivity index (χ0n) is 9.53. The topological polar surface area (TPSA) is 12.9 Å². The van der Waals surface area contributed by atoms with Crippen molar-refractivity contribution in [3.63, 3.8) is 0 Å². The van der Waals surface area contributed by atoms with Crippen molar-refractivity contribution >= 4 is 15.9 Å². The van der Waals surface area contributed by atoms with Crippen LogP contribution in [0.15, 0.2) is 42.7 Å². The lowest BCUT2D eigenvalue weighted by Crippen LogP contribution is -1.99. The second kappa shape index (κ2) is 5.41. The molecule has 2 aromatic rings. The lowest BCUT2D eigenvalue weighted by molar-refractivity contribution is 0.607. The number of pyridine rings is 1. The van der Waals surface area contributed by atoms with Gasteiger partial charge in [0.25, 0.3) is 0 Å². The highest BCUT2D eigenvalue weighted by molar-refractivity contribution is 9.09. The molecule has 1 heterocycles. The van der Waals surface area contributed by atoms with Crippen molar-refractivity contribution in [2.45, 2.75) is 18.2 Å². The Hall–Kier alpha value is -1.22. The van der Waals surface area contributed by atoms with Crippen LogP contribution in [-0.2, 0) is 6.42 Å². The molecule has 0 aliphatic rings. The van der Waals surface area contributed by atoms with Crippen LogP contribution >= 0.6 is 15.9 Å². The maximum absolute atomic E-state index is 13.7. The van der Waals surface area contributed by atoms with Crippen LogP contribution in [0.5, 0.6) is 0 Å². The predicted molar refractivity (Wildman–Crippen MR) is 70.7 cm³/mol. The predicted octanol–water partition coefficient (Wildman–Crippen LogP) is 4.21. The summed E-state index contributed by atoms with van der Waals surface area (Å²) in [5.74, 6) is -0.161. The maximum Gasteiger partial charge on any atom is 0.127 e. The summed E-state index contributed by atoms with van der Waals surface area (Å²) in [5.41, 5.74) is 2.92. The van der Waals surface area contributed by atoms with E-state index >= 15 is 0 Å². The number of hydrogen-bond donors (Lipinski definition) is 0. The number of alkyl halides is 1. The van der Waals surface area contributed by atoms with Crippen molar-refractivity contribution in [2.24, 2.45) is 0 Å². The van der Waals surface area contributed by atoms with Gasteiger partial charge in [-0.15, -0.1) is 0 Å². The lowest BCUT2D eigenvalue weighted by atomic mass is 10.0. The van der Waals surface area contributed by atoms with E-state index in [1.807, 2.05) is 25.1 Å². The van der Waals surface area contributed by atoms with E-state index in [1.54, 1.807) is 18.5 Å². The summed E-state index contributed by atoms with van der Waals surface area (Å²) < 4.78 is 13.7. The molecule has 3 heteroatoms. The maximum atomic E-state index is 13.7. The van der Waals surface area contributed by atoms with Gasteiger partial charge in [-0.1, -0.05) is 33.6 Å². The number of nitrogens with zero attached hydrogens (tertiary/aromatic N) is 1. The summed E-state index contributed by atoms with van der Waals surface area (Å²) in [5, 5.41) is 0. The number of hydrogen-bond acceptors (Lipinski definition) is 1. The summed E-state index contributed by atoms with van der Waals surface area (Å²) in [4.78, 5) is 3.96. The molecular weight excluding hydrogens is 281 g/mol. The van der Waals surface area contributed by atoms with Crippen LogP contribution < -0.4 is 0 Å². The van der Waals surface area contributed by atoms with Crippen LogP contribution in [0.2, 0.25) is 0 Å². The first-order valence-electron chi connectivity index (χ1n) is 5.46. The molecule has 0 aliphatic heterocycles. The molecule has 0 saturated heterocycles. The summed E-state index contributed by atoms with van der Waals surface area (Å²) in [7, 11) is 0. The summed E-state index contributed by atoms with van der Waals surface area (Å²) in [6, 6.07) is 9.08. The minimum absolute atomic E-state index is 0.00944. The van der Waals surface area contributed by atoms with Gasteiger partial charge in [-0.05, 0) is 37.1 Å². The molecule has 17 heavy (non-hydrogen) atoms. The van der Waals surface area contributed by atoms with Crippen molar-refractivity contribution in [1.29, 1.82) is 0 Å². The quantitative estimate of drug-likeness (QED) is 0.773. The van der Waals surface area contributed by atoms with E-state index in [4.69, 9.17) is 0 Å². The highest BCUT2D eigenvalue weighted by Crippen LogP contribution is 2.29. The highest BCUT2D eigenvalue weighted by atomic mass is 79.9. The van der Waals surface area contributed by atoms with Crippen LogP contribution in [0.3, 0.4) is 0 Å². The van der Waals surface area contributed by atoms with Crippen molar-refractivity contribution in [2.75, 3.05) is 0 Å². The van der Waals surface area contributed by atoms with Crippen LogP contribution in [0, 0.1) is 12.7 Å². The fourth-order valence-electron chi connectivity index (χ4n) is 1.74. The second-order valence-electron chi connectivity index (χ2n) is 4.05. The Balaban J connectivity index is 2.20. The van der Waals surface area contributed by atoms with Crippen LogP contribution in [-0.4, -0.2) is 4.98 Å². The molecule has 1 nitrogen and oxygen atoms in total. The minimum atomic E-state index is -0.161. The molecule has 0 aliphatic carbocycles. The third-order valence-electron chi connectivity index (χ3n) is 2.65. The SMILES string of the molecule is Cc1ccc(F)c(C(Br)Cc2ccncc2)c1. The Morgan fingerprint density at radius 1 is 1.24 bits per heavy atom. The summed E-state index contributed by atoms with van der Waals surface area (Å²) >= 11 is 3.55. The summed E-state index contributed by atoms with van der Waals surface area (Å²) in [6.45, 7) is 1.97. The molecule has 1 aromatic heterocycles. The van der Waals surface area contributed by atoms with Crippen LogP contribution in [0.1, 0.15) is 21.5 Å². The molecule has 0 fully saturated rings. The molecule has 1 unspecified atom stereocenters. The Morgan fingerprint density at radius 2 is 1.94 bits per heavy atom. The van der Waals surface area contributed by atoms with E-state index in [9.17, 15) is 4.39 Å². The molecule has 0 N–H and O–H groups in total. The fraction of sp³-hybridized carbons (Fsp3) is 0.214. The number of benzene rings is 1. The molecule has 1 atom stereocenters. The van der Waals surface area contributed by atoms with Gasteiger partial charge in [-0.2, -0.15) is 0 Å². The van der Waals surface area contributed by atoms with E-state index in [0.717, 1.165) is 17.5 Å². The molecule has 0 spiro atoms. The van der Waals surface area contributed by atoms with E-state index < -0.39 is 0 Å². The molecular formula is C14H13BrFN. The minimum Gasteiger partial charge on any atom is -0.265 e. The monoisotopic (exact) mass is 293 g/mol. The number of rotatable bonds is 3. The molecule has 0 saturated carbocycles. The molecule has 0 radical (unpaired) electrons. The first-order chi connectivity index (χ1) is 8.16. The highest BCUT2D eigenvalue weighted by Gasteiger charge is 2.13. The van der Waals surface area contributed by atoms with Crippen molar-refractivity contribution in [3.05, 3.63) is 65.2 Å². The Morgan fingerprint density at radius 3 is 2.65 bits per heavy atom. The Labute approximate surface area is 109 Å². The standard InChI is InChI=1S/C14H13BrFN/c1-10-2-3-14(16)12(8-10)13(15)9-11-4-6-17-7-5-11/h2-8,13H,9H2,1H3. The Bertz CT molecular complexity index is 499. The van der Waals surface area contributed by atoms with Gasteiger partial charge in [0.05, 0.1) is 0 Å². The van der Waals surface area contributed by atoms with Gasteiger partial charge in [0.15, 0.2) is 0 Å². The Kier molecular flexibility index (Phi) is 3.89. The van der Waals surface area contributed by atoms with Crippen molar-refractivity contribution in [1.82, 2.24) is 4.98 Å².